The molecule has 0 unspecified atom stereocenters. The Hall–Kier alpha value is -2.26. The van der Waals surface area contributed by atoms with Gasteiger partial charge in [-0.15, -0.1) is 20.4 Å². The molecule has 0 aliphatic rings. The van der Waals surface area contributed by atoms with Crippen LogP contribution in [0.25, 0.3) is 0 Å². The average Bonchev–Trinajstić information content (AvgIpc) is 2.72. The zero-order chi connectivity index (χ0) is 9.97. The molecule has 0 aromatic carbocycles. The van der Waals surface area contributed by atoms with Crippen molar-refractivity contribution < 1.29 is 0 Å². The van der Waals surface area contributed by atoms with Crippen molar-refractivity contribution in [3.05, 3.63) is 0 Å². The number of hydrogen-bond acceptors (Lipinski definition) is 8. The quantitative estimate of drug-likeness (QED) is 0.575. The fourth-order valence-electron chi connectivity index (χ4n) is 0.718. The molecule has 0 amide bonds. The number of aromatic nitrogens is 8. The van der Waals surface area contributed by atoms with Crippen molar-refractivity contribution >= 4 is 11.9 Å². The van der Waals surface area contributed by atoms with Crippen LogP contribution >= 0.6 is 0 Å². The summed E-state index contributed by atoms with van der Waals surface area (Å²) >= 11 is 0. The molecular weight excluding hydrogens is 188 g/mol. The predicted octanol–water partition coefficient (Wildman–Crippen LogP) is -0.851. The van der Waals surface area contributed by atoms with E-state index in [2.05, 4.69) is 41.0 Å². The Morgan fingerprint density at radius 3 is 1.57 bits per heavy atom. The Bertz CT molecular complexity index is 408. The van der Waals surface area contributed by atoms with Crippen LogP contribution in [0, 0.1) is 0 Å². The monoisotopic (exact) mass is 194 g/mol. The third-order valence-corrected chi connectivity index (χ3v) is 1.22. The number of rotatable bonds is 2. The lowest BCUT2D eigenvalue weighted by atomic mass is 11.1. The van der Waals surface area contributed by atoms with Crippen LogP contribution in [0.15, 0.2) is 10.2 Å². The smallest absolute Gasteiger partial charge is 0.165 e. The first-order valence-corrected chi connectivity index (χ1v) is 3.64. The Morgan fingerprint density at radius 2 is 1.29 bits per heavy atom. The molecule has 0 saturated heterocycles. The second-order valence-corrected chi connectivity index (χ2v) is 2.36. The SMILES string of the molecule is Cn1nnc(N=Nc2nnn(C)n2)n1. The van der Waals surface area contributed by atoms with Gasteiger partial charge in [-0.2, -0.15) is 9.59 Å². The van der Waals surface area contributed by atoms with E-state index in [9.17, 15) is 0 Å². The zero-order valence-corrected chi connectivity index (χ0v) is 7.47. The molecule has 10 nitrogen and oxygen atoms in total. The number of aryl methyl sites for hydroxylation is 2. The molecule has 0 radical (unpaired) electrons. The maximum absolute atomic E-state index is 3.78. The van der Waals surface area contributed by atoms with Gasteiger partial charge >= 0.3 is 11.9 Å². The first-order valence-electron chi connectivity index (χ1n) is 3.64. The fourth-order valence-corrected chi connectivity index (χ4v) is 0.718. The summed E-state index contributed by atoms with van der Waals surface area (Å²) in [6, 6.07) is 0. The minimum atomic E-state index is 0.153. The van der Waals surface area contributed by atoms with Crippen LogP contribution in [0.4, 0.5) is 11.9 Å². The van der Waals surface area contributed by atoms with Crippen LogP contribution in [0.5, 0.6) is 0 Å². The molecule has 0 spiro atoms. The van der Waals surface area contributed by atoms with E-state index in [1.807, 2.05) is 0 Å². The topological polar surface area (TPSA) is 112 Å². The summed E-state index contributed by atoms with van der Waals surface area (Å²) in [6.07, 6.45) is 0. The van der Waals surface area contributed by atoms with E-state index in [-0.39, 0.29) is 11.9 Å². The van der Waals surface area contributed by atoms with Gasteiger partial charge in [0, 0.05) is 0 Å². The highest BCUT2D eigenvalue weighted by Gasteiger charge is 1.99. The Morgan fingerprint density at radius 1 is 0.857 bits per heavy atom. The summed E-state index contributed by atoms with van der Waals surface area (Å²) in [6.45, 7) is 0. The van der Waals surface area contributed by atoms with E-state index in [0.717, 1.165) is 0 Å². The van der Waals surface area contributed by atoms with Crippen LogP contribution in [-0.4, -0.2) is 40.4 Å². The Balaban J connectivity index is 2.14. The molecule has 2 heterocycles. The van der Waals surface area contributed by atoms with E-state index < -0.39 is 0 Å². The standard InChI is InChI=1S/C4H6N10/c1-13-9-3(7-11-13)5-6-4-8-12-14(2)10-4/h1-2H3. The van der Waals surface area contributed by atoms with Gasteiger partial charge in [0.25, 0.3) is 0 Å². The minimum absolute atomic E-state index is 0.153. The van der Waals surface area contributed by atoms with E-state index in [1.165, 1.54) is 9.59 Å². The molecule has 0 bridgehead atoms. The lowest BCUT2D eigenvalue weighted by Crippen LogP contribution is -1.91. The first kappa shape index (κ1) is 8.34. The Kier molecular flexibility index (Phi) is 1.93. The highest BCUT2D eigenvalue weighted by molar-refractivity contribution is 5.11. The number of azo groups is 1. The molecule has 0 saturated carbocycles. The number of tetrazole rings is 2. The lowest BCUT2D eigenvalue weighted by molar-refractivity contribution is 0.629. The van der Waals surface area contributed by atoms with Crippen molar-refractivity contribution in [2.24, 2.45) is 24.3 Å². The first-order chi connectivity index (χ1) is 6.74. The van der Waals surface area contributed by atoms with E-state index >= 15 is 0 Å². The highest BCUT2D eigenvalue weighted by atomic mass is 15.6. The van der Waals surface area contributed by atoms with Crippen molar-refractivity contribution in [2.75, 3.05) is 0 Å². The van der Waals surface area contributed by atoms with Crippen molar-refractivity contribution in [2.45, 2.75) is 0 Å². The lowest BCUT2D eigenvalue weighted by Gasteiger charge is -1.78. The van der Waals surface area contributed by atoms with Crippen LogP contribution < -0.4 is 0 Å². The summed E-state index contributed by atoms with van der Waals surface area (Å²) in [5.41, 5.74) is 0. The van der Waals surface area contributed by atoms with Gasteiger partial charge in [-0.1, -0.05) is 10.2 Å². The van der Waals surface area contributed by atoms with Gasteiger partial charge in [0.05, 0.1) is 14.1 Å². The molecule has 0 atom stereocenters. The molecule has 0 N–H and O–H groups in total. The molecule has 0 fully saturated rings. The summed E-state index contributed by atoms with van der Waals surface area (Å²) < 4.78 is 0. The van der Waals surface area contributed by atoms with Crippen molar-refractivity contribution in [1.29, 1.82) is 0 Å². The zero-order valence-electron chi connectivity index (χ0n) is 7.47. The van der Waals surface area contributed by atoms with E-state index in [4.69, 9.17) is 0 Å². The summed E-state index contributed by atoms with van der Waals surface area (Å²) in [5, 5.41) is 29.2. The van der Waals surface area contributed by atoms with Gasteiger partial charge in [0.1, 0.15) is 0 Å². The van der Waals surface area contributed by atoms with Gasteiger partial charge in [0.15, 0.2) is 0 Å². The Labute approximate surface area is 77.6 Å². The third-order valence-electron chi connectivity index (χ3n) is 1.22. The summed E-state index contributed by atoms with van der Waals surface area (Å²) in [5.74, 6) is 0.305. The molecule has 14 heavy (non-hydrogen) atoms. The maximum Gasteiger partial charge on any atom is 0.307 e. The number of nitrogens with zero attached hydrogens (tertiary/aromatic N) is 10. The van der Waals surface area contributed by atoms with E-state index in [1.54, 1.807) is 14.1 Å². The molecule has 2 aromatic heterocycles. The van der Waals surface area contributed by atoms with Gasteiger partial charge in [-0.05, 0) is 10.4 Å². The van der Waals surface area contributed by atoms with Crippen LogP contribution in [-0.2, 0) is 14.1 Å². The molecule has 2 rings (SSSR count). The van der Waals surface area contributed by atoms with Crippen LogP contribution in [0.2, 0.25) is 0 Å². The molecule has 72 valence electrons. The van der Waals surface area contributed by atoms with Crippen molar-refractivity contribution in [3.63, 3.8) is 0 Å². The average molecular weight is 194 g/mol. The van der Waals surface area contributed by atoms with Crippen molar-refractivity contribution in [1.82, 2.24) is 40.4 Å². The molecular formula is C4H6N10. The predicted molar refractivity (Wildman–Crippen MR) is 41.8 cm³/mol. The van der Waals surface area contributed by atoms with E-state index in [0.29, 0.717) is 0 Å². The molecule has 10 heteroatoms. The molecule has 0 aliphatic carbocycles. The largest absolute Gasteiger partial charge is 0.307 e. The molecule has 0 aliphatic heterocycles. The normalized spacial score (nSPS) is 11.3. The maximum atomic E-state index is 3.78. The third kappa shape index (κ3) is 1.73. The second kappa shape index (κ2) is 3.24. The van der Waals surface area contributed by atoms with Crippen LogP contribution in [0.3, 0.4) is 0 Å². The van der Waals surface area contributed by atoms with Gasteiger partial charge in [0.2, 0.25) is 0 Å². The summed E-state index contributed by atoms with van der Waals surface area (Å²) in [7, 11) is 3.26. The van der Waals surface area contributed by atoms with Gasteiger partial charge in [-0.25, -0.2) is 0 Å². The second-order valence-electron chi connectivity index (χ2n) is 2.36. The van der Waals surface area contributed by atoms with Gasteiger partial charge in [-0.3, -0.25) is 0 Å². The van der Waals surface area contributed by atoms with Gasteiger partial charge < -0.3 is 0 Å². The number of hydrogen-bond donors (Lipinski definition) is 0. The highest BCUT2D eigenvalue weighted by Crippen LogP contribution is 2.05. The minimum Gasteiger partial charge on any atom is -0.165 e. The van der Waals surface area contributed by atoms with Crippen LogP contribution in [0.1, 0.15) is 0 Å². The fraction of sp³-hybridized carbons (Fsp3) is 0.500. The van der Waals surface area contributed by atoms with Crippen molar-refractivity contribution in [3.8, 4) is 0 Å². The summed E-state index contributed by atoms with van der Waals surface area (Å²) in [4.78, 5) is 2.55. The molecule has 2 aromatic rings.